The summed E-state index contributed by atoms with van der Waals surface area (Å²) in [5.41, 5.74) is -1.32. The lowest BCUT2D eigenvalue weighted by molar-refractivity contribution is -0.143. The molecule has 0 saturated carbocycles. The Morgan fingerprint density at radius 2 is 1.67 bits per heavy atom. The number of hydrogen-bond donors (Lipinski definition) is 2. The number of carbonyl (C=O) groups excluding carboxylic acids is 1. The van der Waals surface area contributed by atoms with Gasteiger partial charge in [0.15, 0.2) is 5.75 Å². The molecular weight excluding hydrogens is 664 g/mol. The molecule has 0 bridgehead atoms. The van der Waals surface area contributed by atoms with E-state index in [4.69, 9.17) is 19.3 Å². The third-order valence-corrected chi connectivity index (χ3v) is 7.38. The van der Waals surface area contributed by atoms with Crippen molar-refractivity contribution in [3.05, 3.63) is 65.1 Å². The quantitative estimate of drug-likeness (QED) is 0.195. The second-order valence-corrected chi connectivity index (χ2v) is 10.9. The molecule has 2 atom stereocenters. The summed E-state index contributed by atoms with van der Waals surface area (Å²) in [4.78, 5) is 36.7. The van der Waals surface area contributed by atoms with E-state index >= 15 is 0 Å². The van der Waals surface area contributed by atoms with E-state index in [0.29, 0.717) is 24.6 Å². The normalized spacial score (nSPS) is 14.9. The number of carbonyl (C=O) groups is 2. The van der Waals surface area contributed by atoms with E-state index in [2.05, 4.69) is 27.2 Å². The number of hydrogen-bond acceptors (Lipinski definition) is 9. The first-order chi connectivity index (χ1) is 23.1. The van der Waals surface area contributed by atoms with Crippen LogP contribution in [0, 0.1) is 5.92 Å². The van der Waals surface area contributed by atoms with E-state index in [1.165, 1.54) is 19.3 Å². The Bertz CT molecular complexity index is 1520. The summed E-state index contributed by atoms with van der Waals surface area (Å²) >= 11 is 0. The number of fused-ring (bicyclic) bond motifs is 1. The maximum absolute atomic E-state index is 12.9. The Kier molecular flexibility index (Phi) is 13.4. The summed E-state index contributed by atoms with van der Waals surface area (Å²) in [5, 5.41) is 11.3. The number of carboxylic acids is 1. The zero-order valence-corrected chi connectivity index (χ0v) is 27.2. The van der Waals surface area contributed by atoms with Crippen LogP contribution in [-0.4, -0.2) is 58.5 Å². The molecule has 0 spiro atoms. The molecule has 4 rings (SSSR count). The zero-order valence-electron chi connectivity index (χ0n) is 27.2. The molecule has 1 aliphatic rings. The summed E-state index contributed by atoms with van der Waals surface area (Å²) in [6.45, 7) is 5.53. The van der Waals surface area contributed by atoms with Crippen molar-refractivity contribution in [1.82, 2.24) is 15.0 Å². The number of benzene rings is 1. The highest BCUT2D eigenvalue weighted by Crippen LogP contribution is 2.37. The van der Waals surface area contributed by atoms with E-state index in [9.17, 15) is 35.9 Å². The van der Waals surface area contributed by atoms with Crippen molar-refractivity contribution in [1.29, 1.82) is 0 Å². The van der Waals surface area contributed by atoms with Crippen molar-refractivity contribution in [2.75, 3.05) is 30.5 Å². The maximum atomic E-state index is 12.9. The van der Waals surface area contributed by atoms with Gasteiger partial charge in [-0.2, -0.15) is 26.3 Å². The van der Waals surface area contributed by atoms with Crippen LogP contribution in [0.25, 0.3) is 0 Å². The Morgan fingerprint density at radius 3 is 2.20 bits per heavy atom. The fraction of sp³-hybridized carbons (Fsp3) is 0.469. The van der Waals surface area contributed by atoms with E-state index in [1.54, 1.807) is 18.1 Å². The number of aliphatic carboxylic acids is 1. The monoisotopic (exact) mass is 701 g/mol. The lowest BCUT2D eigenvalue weighted by atomic mass is 9.98. The van der Waals surface area contributed by atoms with Gasteiger partial charge in [0.2, 0.25) is 11.8 Å². The van der Waals surface area contributed by atoms with Crippen molar-refractivity contribution in [3.8, 4) is 11.6 Å². The van der Waals surface area contributed by atoms with E-state index in [-0.39, 0.29) is 55.0 Å². The predicted octanol–water partition coefficient (Wildman–Crippen LogP) is 7.39. The van der Waals surface area contributed by atoms with Crippen LogP contribution in [0.4, 0.5) is 42.8 Å². The van der Waals surface area contributed by atoms with Gasteiger partial charge in [0, 0.05) is 18.7 Å². The summed E-state index contributed by atoms with van der Waals surface area (Å²) in [6.07, 6.45) is -4.72. The van der Waals surface area contributed by atoms with Crippen molar-refractivity contribution < 1.29 is 55.2 Å². The van der Waals surface area contributed by atoms with E-state index in [1.807, 2.05) is 13.0 Å². The molecule has 3 heterocycles. The van der Waals surface area contributed by atoms with Gasteiger partial charge in [-0.25, -0.2) is 19.7 Å². The number of aryl methyl sites for hydroxylation is 1. The number of carboxylic acid groups (broad SMARTS) is 1. The SMILES string of the molecule is CC(CCOc1cnc(NCc2cc(C(F)(F)F)cc(C(F)(F)F)c2)nc1)C(=O)O.CCOC(=O)N1c2ccc(OC)nc2CC[C@H]1CC. The standard InChI is InChI=1S/C18H17F6N3O3.C14H20N2O3/c1-10(15(28)29)2-3-30-14-8-26-16(27-9-14)25-7-11-4-12(17(19,20)21)6-13(5-11)18(22,23)24;1-4-10-6-7-11-12(8-9-13(15-11)18-3)16(10)14(17)19-5-2/h4-6,8-10H,2-3,7H2,1H3,(H,28,29)(H,25,26,27);8-10H,4-7H2,1-3H3/t;10-/m.1/s1. The molecule has 268 valence electrons. The number of rotatable bonds is 11. The number of alkyl halides is 6. The summed E-state index contributed by atoms with van der Waals surface area (Å²) < 4.78 is 92.9. The number of ether oxygens (including phenoxy) is 3. The lowest BCUT2D eigenvalue weighted by Gasteiger charge is -2.35. The highest BCUT2D eigenvalue weighted by atomic mass is 19.4. The number of halogens is 6. The summed E-state index contributed by atoms with van der Waals surface area (Å²) in [6, 6.07) is 5.13. The van der Waals surface area contributed by atoms with Gasteiger partial charge < -0.3 is 24.6 Å². The molecule has 0 radical (unpaired) electrons. The van der Waals surface area contributed by atoms with Crippen LogP contribution in [0.5, 0.6) is 11.6 Å². The first-order valence-electron chi connectivity index (χ1n) is 15.3. The van der Waals surface area contributed by atoms with E-state index < -0.39 is 35.4 Å². The second kappa shape index (κ2) is 17.0. The fourth-order valence-corrected chi connectivity index (χ4v) is 4.71. The molecule has 11 nitrogen and oxygen atoms in total. The number of nitrogens with one attached hydrogen (secondary N) is 1. The van der Waals surface area contributed by atoms with Crippen molar-refractivity contribution >= 4 is 23.7 Å². The number of amides is 1. The molecule has 0 saturated heterocycles. The fourth-order valence-electron chi connectivity index (χ4n) is 4.71. The Balaban J connectivity index is 0.000000293. The smallest absolute Gasteiger partial charge is 0.416 e. The molecule has 1 amide bonds. The summed E-state index contributed by atoms with van der Waals surface area (Å²) in [5.74, 6) is -0.778. The summed E-state index contributed by atoms with van der Waals surface area (Å²) in [7, 11) is 1.59. The highest BCUT2D eigenvalue weighted by molar-refractivity contribution is 5.89. The van der Waals surface area contributed by atoms with Gasteiger partial charge in [-0.3, -0.25) is 9.69 Å². The largest absolute Gasteiger partial charge is 0.490 e. The molecular formula is C32H37F6N5O6. The first-order valence-corrected chi connectivity index (χ1v) is 15.3. The third kappa shape index (κ3) is 11.1. The number of methoxy groups -OCH3 is 1. The van der Waals surface area contributed by atoms with Crippen molar-refractivity contribution in [3.63, 3.8) is 0 Å². The molecule has 0 fully saturated rings. The minimum absolute atomic E-state index is 0.0350. The molecule has 3 aromatic rings. The van der Waals surface area contributed by atoms with Gasteiger partial charge in [-0.15, -0.1) is 0 Å². The second-order valence-electron chi connectivity index (χ2n) is 10.9. The van der Waals surface area contributed by atoms with Gasteiger partial charge in [-0.1, -0.05) is 13.8 Å². The van der Waals surface area contributed by atoms with Gasteiger partial charge in [-0.05, 0) is 62.4 Å². The average Bonchev–Trinajstić information content (AvgIpc) is 3.06. The Labute approximate surface area is 278 Å². The molecule has 1 aromatic carbocycles. The molecule has 2 aromatic heterocycles. The minimum atomic E-state index is -4.93. The van der Waals surface area contributed by atoms with Gasteiger partial charge >= 0.3 is 24.4 Å². The van der Waals surface area contributed by atoms with Crippen molar-refractivity contribution in [2.45, 2.75) is 71.4 Å². The molecule has 0 aliphatic carbocycles. The van der Waals surface area contributed by atoms with Crippen LogP contribution in [0.3, 0.4) is 0 Å². The van der Waals surface area contributed by atoms with Gasteiger partial charge in [0.1, 0.15) is 0 Å². The van der Waals surface area contributed by atoms with Crippen LogP contribution >= 0.6 is 0 Å². The van der Waals surface area contributed by atoms with Crippen LogP contribution in [-0.2, 0) is 34.8 Å². The molecule has 49 heavy (non-hydrogen) atoms. The van der Waals surface area contributed by atoms with Crippen LogP contribution in [0.15, 0.2) is 42.7 Å². The number of nitrogens with zero attached hydrogens (tertiary/aromatic N) is 4. The highest BCUT2D eigenvalue weighted by Gasteiger charge is 2.37. The zero-order chi connectivity index (χ0) is 36.4. The minimum Gasteiger partial charge on any atom is -0.490 e. The van der Waals surface area contributed by atoms with Gasteiger partial charge in [0.25, 0.3) is 0 Å². The van der Waals surface area contributed by atoms with E-state index in [0.717, 1.165) is 30.6 Å². The Hall–Kier alpha value is -4.83. The van der Waals surface area contributed by atoms with Crippen molar-refractivity contribution in [2.24, 2.45) is 5.92 Å². The number of pyridine rings is 1. The van der Waals surface area contributed by atoms with Crippen LogP contribution in [0.2, 0.25) is 0 Å². The molecule has 17 heteroatoms. The van der Waals surface area contributed by atoms with Gasteiger partial charge in [0.05, 0.1) is 61.1 Å². The lowest BCUT2D eigenvalue weighted by Crippen LogP contribution is -2.44. The molecule has 1 aliphatic heterocycles. The molecule has 2 N–H and O–H groups in total. The molecule has 1 unspecified atom stereocenters. The topological polar surface area (TPSA) is 136 Å². The third-order valence-electron chi connectivity index (χ3n) is 7.38. The predicted molar refractivity (Wildman–Crippen MR) is 165 cm³/mol. The van der Waals surface area contributed by atoms with Crippen LogP contribution in [0.1, 0.15) is 62.4 Å². The maximum Gasteiger partial charge on any atom is 0.416 e. The Morgan fingerprint density at radius 1 is 1.04 bits per heavy atom. The first kappa shape index (κ1) is 38.6. The number of aromatic nitrogens is 3. The average molecular weight is 702 g/mol. The van der Waals surface area contributed by atoms with Crippen LogP contribution < -0.4 is 19.7 Å². The number of anilines is 2.